The van der Waals surface area contributed by atoms with Crippen LogP contribution in [-0.2, 0) is 4.79 Å². The van der Waals surface area contributed by atoms with Crippen molar-refractivity contribution in [1.82, 2.24) is 9.88 Å². The molecule has 1 aromatic carbocycles. The summed E-state index contributed by atoms with van der Waals surface area (Å²) in [4.78, 5) is 19.0. The zero-order valence-electron chi connectivity index (χ0n) is 13.3. The van der Waals surface area contributed by atoms with Crippen LogP contribution in [0.1, 0.15) is 32.1 Å². The molecule has 2 aromatic rings. The maximum absolute atomic E-state index is 12.5. The number of para-hydroxylation sites is 1. The molecule has 1 aliphatic heterocycles. The fraction of sp³-hybridized carbons (Fsp3) is 0.474. The van der Waals surface area contributed by atoms with Crippen LogP contribution in [0.25, 0.3) is 10.9 Å². The average molecular weight is 310 g/mol. The largest absolute Gasteiger partial charge is 0.472 e. The van der Waals surface area contributed by atoms with E-state index >= 15 is 0 Å². The van der Waals surface area contributed by atoms with Crippen LogP contribution in [-0.4, -0.2) is 35.0 Å². The van der Waals surface area contributed by atoms with Crippen molar-refractivity contribution in [2.75, 3.05) is 13.1 Å². The van der Waals surface area contributed by atoms with Crippen molar-refractivity contribution in [2.45, 2.75) is 38.2 Å². The highest BCUT2D eigenvalue weighted by Crippen LogP contribution is 2.28. The first-order valence-corrected chi connectivity index (χ1v) is 8.61. The first-order chi connectivity index (χ1) is 11.3. The molecule has 4 nitrogen and oxygen atoms in total. The summed E-state index contributed by atoms with van der Waals surface area (Å²) in [6.45, 7) is 1.51. The van der Waals surface area contributed by atoms with Gasteiger partial charge in [-0.1, -0.05) is 31.0 Å². The lowest BCUT2D eigenvalue weighted by Gasteiger charge is -2.20. The lowest BCUT2D eigenvalue weighted by Crippen LogP contribution is -2.34. The minimum Gasteiger partial charge on any atom is -0.472 e. The van der Waals surface area contributed by atoms with Crippen molar-refractivity contribution < 1.29 is 9.53 Å². The molecule has 1 saturated carbocycles. The van der Waals surface area contributed by atoms with Crippen LogP contribution in [0.2, 0.25) is 0 Å². The molecule has 2 heterocycles. The molecule has 4 heteroatoms. The summed E-state index contributed by atoms with van der Waals surface area (Å²) >= 11 is 0. The second-order valence-electron chi connectivity index (χ2n) is 6.64. The van der Waals surface area contributed by atoms with E-state index in [0.717, 1.165) is 36.7 Å². The van der Waals surface area contributed by atoms with E-state index in [1.54, 1.807) is 0 Å². The molecule has 1 amide bonds. The Morgan fingerprint density at radius 2 is 1.91 bits per heavy atom. The van der Waals surface area contributed by atoms with Crippen molar-refractivity contribution in [3.05, 3.63) is 36.4 Å². The maximum Gasteiger partial charge on any atom is 0.225 e. The third-order valence-corrected chi connectivity index (χ3v) is 5.02. The first kappa shape index (κ1) is 14.5. The number of hydrogen-bond donors (Lipinski definition) is 0. The van der Waals surface area contributed by atoms with Crippen LogP contribution in [0.5, 0.6) is 5.88 Å². The van der Waals surface area contributed by atoms with Crippen LogP contribution in [0.3, 0.4) is 0 Å². The minimum absolute atomic E-state index is 0.0639. The van der Waals surface area contributed by atoms with Gasteiger partial charge < -0.3 is 9.64 Å². The zero-order valence-corrected chi connectivity index (χ0v) is 13.3. The van der Waals surface area contributed by atoms with E-state index in [4.69, 9.17) is 4.74 Å². The molecule has 120 valence electrons. The number of nitrogens with zero attached hydrogens (tertiary/aromatic N) is 2. The van der Waals surface area contributed by atoms with Gasteiger partial charge in [0, 0.05) is 30.3 Å². The highest BCUT2D eigenvalue weighted by atomic mass is 16.5. The molecule has 2 aliphatic rings. The van der Waals surface area contributed by atoms with Crippen LogP contribution in [0.15, 0.2) is 36.4 Å². The molecule has 23 heavy (non-hydrogen) atoms. The molecular formula is C19H22N2O2. The minimum atomic E-state index is 0.0639. The molecule has 1 saturated heterocycles. The fourth-order valence-corrected chi connectivity index (χ4v) is 3.74. The number of likely N-dealkylation sites (tertiary alicyclic amines) is 1. The van der Waals surface area contributed by atoms with Gasteiger partial charge in [0.05, 0.1) is 12.1 Å². The van der Waals surface area contributed by atoms with Crippen molar-refractivity contribution >= 4 is 16.8 Å². The summed E-state index contributed by atoms with van der Waals surface area (Å²) in [6.07, 6.45) is 5.48. The van der Waals surface area contributed by atoms with Crippen LogP contribution in [0.4, 0.5) is 0 Å². The second kappa shape index (κ2) is 6.19. The zero-order chi connectivity index (χ0) is 15.6. The topological polar surface area (TPSA) is 42.4 Å². The Morgan fingerprint density at radius 1 is 1.09 bits per heavy atom. The van der Waals surface area contributed by atoms with Gasteiger partial charge in [-0.3, -0.25) is 4.79 Å². The summed E-state index contributed by atoms with van der Waals surface area (Å²) in [5.74, 6) is 1.25. The number of amides is 1. The van der Waals surface area contributed by atoms with Gasteiger partial charge in [-0.2, -0.15) is 0 Å². The third kappa shape index (κ3) is 3.03. The number of fused-ring (bicyclic) bond motifs is 1. The molecule has 4 rings (SSSR count). The predicted octanol–water partition coefficient (Wildman–Crippen LogP) is 3.40. The fourth-order valence-electron chi connectivity index (χ4n) is 3.74. The Bertz CT molecular complexity index is 709. The third-order valence-electron chi connectivity index (χ3n) is 5.02. The van der Waals surface area contributed by atoms with Crippen molar-refractivity contribution in [1.29, 1.82) is 0 Å². The molecule has 1 atom stereocenters. The molecule has 0 unspecified atom stereocenters. The first-order valence-electron chi connectivity index (χ1n) is 8.61. The number of ether oxygens (including phenoxy) is 1. The Hall–Kier alpha value is -2.10. The van der Waals surface area contributed by atoms with Crippen LogP contribution >= 0.6 is 0 Å². The normalized spacial score (nSPS) is 21.9. The van der Waals surface area contributed by atoms with Gasteiger partial charge in [0.2, 0.25) is 11.8 Å². The highest BCUT2D eigenvalue weighted by molar-refractivity contribution is 5.79. The Balaban J connectivity index is 1.40. The van der Waals surface area contributed by atoms with Gasteiger partial charge in [-0.15, -0.1) is 0 Å². The van der Waals surface area contributed by atoms with E-state index in [1.165, 1.54) is 12.8 Å². The number of carbonyl (C=O) groups excluding carboxylic acids is 1. The van der Waals surface area contributed by atoms with Crippen LogP contribution in [0, 0.1) is 5.92 Å². The summed E-state index contributed by atoms with van der Waals surface area (Å²) in [5.41, 5.74) is 0.946. The molecule has 1 aromatic heterocycles. The number of carbonyl (C=O) groups is 1. The average Bonchev–Trinajstić information content (AvgIpc) is 3.26. The molecular weight excluding hydrogens is 288 g/mol. The SMILES string of the molecule is O=C(C1CCCC1)N1CC[C@H](Oc2ccc3ccccc3n2)C1. The number of aromatic nitrogens is 1. The van der Waals surface area contributed by atoms with Gasteiger partial charge in [0.15, 0.2) is 0 Å². The van der Waals surface area contributed by atoms with E-state index in [0.29, 0.717) is 18.3 Å². The predicted molar refractivity (Wildman–Crippen MR) is 89.3 cm³/mol. The number of hydrogen-bond acceptors (Lipinski definition) is 3. The molecule has 1 aliphatic carbocycles. The Labute approximate surface area is 136 Å². The Morgan fingerprint density at radius 3 is 2.78 bits per heavy atom. The van der Waals surface area contributed by atoms with E-state index in [1.807, 2.05) is 41.3 Å². The molecule has 0 bridgehead atoms. The van der Waals surface area contributed by atoms with Gasteiger partial charge >= 0.3 is 0 Å². The Kier molecular flexibility index (Phi) is 3.90. The smallest absolute Gasteiger partial charge is 0.225 e. The van der Waals surface area contributed by atoms with Crippen LogP contribution < -0.4 is 4.74 Å². The van der Waals surface area contributed by atoms with Crippen molar-refractivity contribution in [2.24, 2.45) is 5.92 Å². The van der Waals surface area contributed by atoms with Gasteiger partial charge in [-0.25, -0.2) is 4.98 Å². The lowest BCUT2D eigenvalue weighted by molar-refractivity contribution is -0.134. The van der Waals surface area contributed by atoms with Crippen molar-refractivity contribution in [3.63, 3.8) is 0 Å². The quantitative estimate of drug-likeness (QED) is 0.872. The monoisotopic (exact) mass is 310 g/mol. The summed E-state index contributed by atoms with van der Waals surface area (Å²) in [7, 11) is 0. The molecule has 0 N–H and O–H groups in total. The van der Waals surface area contributed by atoms with E-state index in [9.17, 15) is 4.79 Å². The molecule has 0 radical (unpaired) electrons. The van der Waals surface area contributed by atoms with E-state index in [-0.39, 0.29) is 12.0 Å². The highest BCUT2D eigenvalue weighted by Gasteiger charge is 2.33. The number of rotatable bonds is 3. The van der Waals surface area contributed by atoms with E-state index in [2.05, 4.69) is 4.98 Å². The van der Waals surface area contributed by atoms with Gasteiger partial charge in [-0.05, 0) is 25.0 Å². The molecule has 2 fully saturated rings. The number of benzene rings is 1. The van der Waals surface area contributed by atoms with E-state index < -0.39 is 0 Å². The maximum atomic E-state index is 12.5. The second-order valence-corrected chi connectivity index (χ2v) is 6.64. The molecule has 0 spiro atoms. The lowest BCUT2D eigenvalue weighted by atomic mass is 10.1. The summed E-state index contributed by atoms with van der Waals surface area (Å²) < 4.78 is 6.02. The van der Waals surface area contributed by atoms with Gasteiger partial charge in [0.1, 0.15) is 6.10 Å². The summed E-state index contributed by atoms with van der Waals surface area (Å²) in [5, 5.41) is 1.12. The standard InChI is InChI=1S/C19H22N2O2/c22-19(15-6-1-2-7-15)21-12-11-16(13-21)23-18-10-9-14-5-3-4-8-17(14)20-18/h3-5,8-10,15-16H,1-2,6-7,11-13H2/t16-/m0/s1. The number of pyridine rings is 1. The van der Waals surface area contributed by atoms with Gasteiger partial charge in [0.25, 0.3) is 0 Å². The summed E-state index contributed by atoms with van der Waals surface area (Å²) in [6, 6.07) is 12.0. The van der Waals surface area contributed by atoms with Crippen molar-refractivity contribution in [3.8, 4) is 5.88 Å².